The molecule has 0 atom stereocenters. The maximum Gasteiger partial charge on any atom is 0.320 e. The van der Waals surface area contributed by atoms with Crippen molar-refractivity contribution in [3.05, 3.63) is 72.7 Å². The van der Waals surface area contributed by atoms with Crippen molar-refractivity contribution in [1.82, 2.24) is 20.2 Å². The highest BCUT2D eigenvalue weighted by Gasteiger charge is 2.10. The summed E-state index contributed by atoms with van der Waals surface area (Å²) >= 11 is 0. The van der Waals surface area contributed by atoms with Crippen LogP contribution in [0.5, 0.6) is 0 Å². The third kappa shape index (κ3) is 3.37. The summed E-state index contributed by atoms with van der Waals surface area (Å²) in [4.78, 5) is 8.41. The molecular weight excluding hydrogens is 314 g/mol. The van der Waals surface area contributed by atoms with Gasteiger partial charge in [0.05, 0.1) is 0 Å². The zero-order chi connectivity index (χ0) is 17.1. The van der Waals surface area contributed by atoms with E-state index in [2.05, 4.69) is 25.5 Å². The number of nitrogens with one attached hydrogen (secondary N) is 1. The highest BCUT2D eigenvalue weighted by Crippen LogP contribution is 2.24. The van der Waals surface area contributed by atoms with Gasteiger partial charge < -0.3 is 9.73 Å². The summed E-state index contributed by atoms with van der Waals surface area (Å²) in [6, 6.07) is 17.9. The summed E-state index contributed by atoms with van der Waals surface area (Å²) in [6.45, 7) is 1.92. The van der Waals surface area contributed by atoms with E-state index in [1.807, 2.05) is 61.5 Å². The van der Waals surface area contributed by atoms with Crippen LogP contribution in [0.2, 0.25) is 0 Å². The Hall–Kier alpha value is -3.54. The van der Waals surface area contributed by atoms with E-state index in [-0.39, 0.29) is 0 Å². The van der Waals surface area contributed by atoms with Gasteiger partial charge in [-0.15, -0.1) is 5.10 Å². The van der Waals surface area contributed by atoms with Gasteiger partial charge in [0.1, 0.15) is 5.69 Å². The van der Waals surface area contributed by atoms with Crippen LogP contribution in [-0.4, -0.2) is 20.2 Å². The molecule has 0 unspecified atom stereocenters. The minimum atomic E-state index is 0.329. The molecule has 0 saturated carbocycles. The summed E-state index contributed by atoms with van der Waals surface area (Å²) in [5.74, 6) is 0.389. The molecule has 0 spiro atoms. The van der Waals surface area contributed by atoms with E-state index in [9.17, 15) is 0 Å². The quantitative estimate of drug-likeness (QED) is 0.603. The van der Waals surface area contributed by atoms with Crippen LogP contribution in [0.3, 0.4) is 0 Å². The van der Waals surface area contributed by atoms with Crippen LogP contribution in [0.25, 0.3) is 22.7 Å². The average Bonchev–Trinajstić information content (AvgIpc) is 3.12. The fourth-order valence-corrected chi connectivity index (χ4v) is 2.45. The number of hydrogen-bond donors (Lipinski definition) is 1. The fraction of sp³-hybridized carbons (Fsp3) is 0.0526. The minimum absolute atomic E-state index is 0.329. The van der Waals surface area contributed by atoms with E-state index < -0.39 is 0 Å². The van der Waals surface area contributed by atoms with Crippen LogP contribution < -0.4 is 5.32 Å². The lowest BCUT2D eigenvalue weighted by Gasteiger charge is -2.04. The van der Waals surface area contributed by atoms with Gasteiger partial charge in [-0.2, -0.15) is 0 Å². The largest absolute Gasteiger partial charge is 0.401 e. The van der Waals surface area contributed by atoms with Crippen molar-refractivity contribution in [3.8, 4) is 22.7 Å². The Labute approximate surface area is 144 Å². The SMILES string of the molecule is Cc1cccc(-c2nnc(Nc3ccc(-c4ccncc4)cc3)o2)n1. The Morgan fingerprint density at radius 3 is 2.36 bits per heavy atom. The highest BCUT2D eigenvalue weighted by atomic mass is 16.4. The smallest absolute Gasteiger partial charge is 0.320 e. The lowest BCUT2D eigenvalue weighted by Crippen LogP contribution is -1.90. The lowest BCUT2D eigenvalue weighted by molar-refractivity contribution is 0.585. The fourth-order valence-electron chi connectivity index (χ4n) is 2.45. The molecule has 1 aromatic carbocycles. The van der Waals surface area contributed by atoms with Crippen molar-refractivity contribution in [3.63, 3.8) is 0 Å². The molecule has 0 fully saturated rings. The molecule has 0 aliphatic rings. The number of hydrogen-bond acceptors (Lipinski definition) is 6. The van der Waals surface area contributed by atoms with Crippen LogP contribution >= 0.6 is 0 Å². The van der Waals surface area contributed by atoms with Crippen molar-refractivity contribution in [2.24, 2.45) is 0 Å². The molecule has 25 heavy (non-hydrogen) atoms. The number of benzene rings is 1. The van der Waals surface area contributed by atoms with Crippen LogP contribution in [0, 0.1) is 6.92 Å². The molecule has 3 aromatic heterocycles. The second kappa shape index (κ2) is 6.52. The van der Waals surface area contributed by atoms with E-state index in [0.29, 0.717) is 17.6 Å². The number of aryl methyl sites for hydroxylation is 1. The Bertz CT molecular complexity index is 980. The summed E-state index contributed by atoms with van der Waals surface area (Å²) < 4.78 is 5.64. The van der Waals surface area contributed by atoms with Crippen LogP contribution in [0.1, 0.15) is 5.69 Å². The molecule has 4 aromatic rings. The van der Waals surface area contributed by atoms with Gasteiger partial charge in [-0.25, -0.2) is 4.98 Å². The highest BCUT2D eigenvalue weighted by molar-refractivity contribution is 5.66. The molecular formula is C19H15N5O. The van der Waals surface area contributed by atoms with Gasteiger partial charge in [0.15, 0.2) is 0 Å². The van der Waals surface area contributed by atoms with Gasteiger partial charge in [0.2, 0.25) is 0 Å². The van der Waals surface area contributed by atoms with Crippen LogP contribution in [0.15, 0.2) is 71.4 Å². The number of nitrogens with zero attached hydrogens (tertiary/aromatic N) is 4. The maximum atomic E-state index is 5.64. The second-order valence-electron chi connectivity index (χ2n) is 5.51. The molecule has 1 N–H and O–H groups in total. The van der Waals surface area contributed by atoms with Gasteiger partial charge in [-0.05, 0) is 54.4 Å². The van der Waals surface area contributed by atoms with Crippen molar-refractivity contribution < 1.29 is 4.42 Å². The zero-order valence-electron chi connectivity index (χ0n) is 13.5. The number of rotatable bonds is 4. The maximum absolute atomic E-state index is 5.64. The molecule has 0 aliphatic heterocycles. The molecule has 0 amide bonds. The van der Waals surface area contributed by atoms with Gasteiger partial charge in [0.25, 0.3) is 5.89 Å². The van der Waals surface area contributed by atoms with Gasteiger partial charge in [-0.3, -0.25) is 4.98 Å². The summed E-state index contributed by atoms with van der Waals surface area (Å²) in [6.07, 6.45) is 3.56. The van der Waals surface area contributed by atoms with E-state index in [0.717, 1.165) is 22.5 Å². The van der Waals surface area contributed by atoms with Crippen molar-refractivity contribution in [2.45, 2.75) is 6.92 Å². The predicted octanol–water partition coefficient (Wildman–Crippen LogP) is 4.25. The first-order valence-corrected chi connectivity index (χ1v) is 7.83. The predicted molar refractivity (Wildman–Crippen MR) is 95.2 cm³/mol. The zero-order valence-corrected chi connectivity index (χ0v) is 13.5. The molecule has 0 saturated heterocycles. The topological polar surface area (TPSA) is 76.7 Å². The van der Waals surface area contributed by atoms with Gasteiger partial charge in [-0.1, -0.05) is 23.3 Å². The molecule has 4 rings (SSSR count). The molecule has 3 heterocycles. The lowest BCUT2D eigenvalue weighted by atomic mass is 10.1. The molecule has 122 valence electrons. The monoisotopic (exact) mass is 329 g/mol. The van der Waals surface area contributed by atoms with Gasteiger partial charge >= 0.3 is 6.01 Å². The van der Waals surface area contributed by atoms with Crippen molar-refractivity contribution in [2.75, 3.05) is 5.32 Å². The van der Waals surface area contributed by atoms with Crippen molar-refractivity contribution >= 4 is 11.7 Å². The summed E-state index contributed by atoms with van der Waals surface area (Å²) in [5, 5.41) is 11.2. The third-order valence-electron chi connectivity index (χ3n) is 3.68. The summed E-state index contributed by atoms with van der Waals surface area (Å²) in [5.41, 5.74) is 4.66. The van der Waals surface area contributed by atoms with Crippen LogP contribution in [-0.2, 0) is 0 Å². The normalized spacial score (nSPS) is 10.6. The Balaban J connectivity index is 1.51. The molecule has 0 aliphatic carbocycles. The van der Waals surface area contributed by atoms with Crippen LogP contribution in [0.4, 0.5) is 11.7 Å². The third-order valence-corrected chi connectivity index (χ3v) is 3.68. The number of pyridine rings is 2. The first-order valence-electron chi connectivity index (χ1n) is 7.83. The van der Waals surface area contributed by atoms with E-state index >= 15 is 0 Å². The standard InChI is InChI=1S/C19H15N5O/c1-13-3-2-4-17(21-13)18-23-24-19(25-18)22-16-7-5-14(6-8-16)15-9-11-20-12-10-15/h2-12H,1H3,(H,22,24). The second-order valence-corrected chi connectivity index (χ2v) is 5.51. The molecule has 6 nitrogen and oxygen atoms in total. The Morgan fingerprint density at radius 1 is 0.840 bits per heavy atom. The molecule has 6 heteroatoms. The first kappa shape index (κ1) is 15.0. The van der Waals surface area contributed by atoms with E-state index in [1.165, 1.54) is 0 Å². The van der Waals surface area contributed by atoms with E-state index in [1.54, 1.807) is 12.4 Å². The van der Waals surface area contributed by atoms with Gasteiger partial charge in [0, 0.05) is 23.8 Å². The Kier molecular flexibility index (Phi) is 3.92. The first-order chi connectivity index (χ1) is 12.3. The Morgan fingerprint density at radius 2 is 1.60 bits per heavy atom. The number of aromatic nitrogens is 4. The van der Waals surface area contributed by atoms with E-state index in [4.69, 9.17) is 4.42 Å². The summed E-state index contributed by atoms with van der Waals surface area (Å²) in [7, 11) is 0. The number of anilines is 2. The molecule has 0 radical (unpaired) electrons. The average molecular weight is 329 g/mol. The minimum Gasteiger partial charge on any atom is -0.401 e. The van der Waals surface area contributed by atoms with Crippen molar-refractivity contribution in [1.29, 1.82) is 0 Å². The molecule has 0 bridgehead atoms.